The zero-order chi connectivity index (χ0) is 13.9. The van der Waals surface area contributed by atoms with Crippen molar-refractivity contribution in [2.24, 2.45) is 0 Å². The summed E-state index contributed by atoms with van der Waals surface area (Å²) in [7, 11) is 0. The number of hydrogen-bond acceptors (Lipinski definition) is 5. The summed E-state index contributed by atoms with van der Waals surface area (Å²) in [6.07, 6.45) is 1.69. The van der Waals surface area contributed by atoms with Crippen molar-refractivity contribution in [1.29, 1.82) is 0 Å². The molecule has 2 heterocycles. The SMILES string of the molecule is CCN(Cc1ccco1)Cc1nc2ccc(N)cc2o1. The van der Waals surface area contributed by atoms with E-state index in [0.717, 1.165) is 29.9 Å². The molecule has 1 aromatic carbocycles. The number of furan rings is 1. The fourth-order valence-electron chi connectivity index (χ4n) is 2.15. The maximum Gasteiger partial charge on any atom is 0.209 e. The fraction of sp³-hybridized carbons (Fsp3) is 0.267. The first-order valence-corrected chi connectivity index (χ1v) is 6.64. The van der Waals surface area contributed by atoms with E-state index >= 15 is 0 Å². The maximum atomic E-state index is 5.74. The Balaban J connectivity index is 1.76. The summed E-state index contributed by atoms with van der Waals surface area (Å²) in [5, 5.41) is 0. The normalized spacial score (nSPS) is 11.5. The average Bonchev–Trinajstić information content (AvgIpc) is 3.06. The minimum Gasteiger partial charge on any atom is -0.468 e. The molecule has 0 aliphatic heterocycles. The molecule has 0 atom stereocenters. The van der Waals surface area contributed by atoms with Gasteiger partial charge in [-0.15, -0.1) is 0 Å². The highest BCUT2D eigenvalue weighted by molar-refractivity contribution is 5.76. The van der Waals surface area contributed by atoms with Crippen LogP contribution < -0.4 is 5.73 Å². The first kappa shape index (κ1) is 12.7. The van der Waals surface area contributed by atoms with Gasteiger partial charge in [0.15, 0.2) is 5.58 Å². The van der Waals surface area contributed by atoms with Crippen LogP contribution in [0, 0.1) is 0 Å². The lowest BCUT2D eigenvalue weighted by Crippen LogP contribution is -2.22. The maximum absolute atomic E-state index is 5.74. The van der Waals surface area contributed by atoms with Crippen molar-refractivity contribution in [2.45, 2.75) is 20.0 Å². The third-order valence-electron chi connectivity index (χ3n) is 3.22. The molecule has 0 unspecified atom stereocenters. The van der Waals surface area contributed by atoms with E-state index in [-0.39, 0.29) is 0 Å². The predicted molar refractivity (Wildman–Crippen MR) is 76.9 cm³/mol. The zero-order valence-electron chi connectivity index (χ0n) is 11.4. The molecule has 3 aromatic rings. The smallest absolute Gasteiger partial charge is 0.209 e. The van der Waals surface area contributed by atoms with E-state index in [1.807, 2.05) is 24.3 Å². The van der Waals surface area contributed by atoms with Crippen LogP contribution in [0.25, 0.3) is 11.1 Å². The molecule has 0 bridgehead atoms. The topological polar surface area (TPSA) is 68.4 Å². The number of nitrogens with two attached hydrogens (primary N) is 1. The number of anilines is 1. The van der Waals surface area contributed by atoms with Crippen molar-refractivity contribution in [3.63, 3.8) is 0 Å². The van der Waals surface area contributed by atoms with E-state index in [1.54, 1.807) is 12.3 Å². The van der Waals surface area contributed by atoms with Crippen LogP contribution in [0.4, 0.5) is 5.69 Å². The summed E-state index contributed by atoms with van der Waals surface area (Å²) in [5.41, 5.74) is 7.99. The molecule has 0 saturated heterocycles. The van der Waals surface area contributed by atoms with E-state index in [4.69, 9.17) is 14.6 Å². The van der Waals surface area contributed by atoms with Crippen molar-refractivity contribution in [1.82, 2.24) is 9.88 Å². The van der Waals surface area contributed by atoms with Gasteiger partial charge in [-0.25, -0.2) is 4.98 Å². The molecule has 5 heteroatoms. The van der Waals surface area contributed by atoms with Crippen molar-refractivity contribution in [3.05, 3.63) is 48.2 Å². The Morgan fingerprint density at radius 2 is 2.15 bits per heavy atom. The number of nitrogens with zero attached hydrogens (tertiary/aromatic N) is 2. The molecule has 2 aromatic heterocycles. The third kappa shape index (κ3) is 2.67. The van der Waals surface area contributed by atoms with Crippen LogP contribution in [0.5, 0.6) is 0 Å². The van der Waals surface area contributed by atoms with Crippen molar-refractivity contribution in [3.8, 4) is 0 Å². The number of oxazole rings is 1. The monoisotopic (exact) mass is 271 g/mol. The lowest BCUT2D eigenvalue weighted by molar-refractivity contribution is 0.226. The van der Waals surface area contributed by atoms with Gasteiger partial charge in [0, 0.05) is 11.8 Å². The van der Waals surface area contributed by atoms with Crippen molar-refractivity contribution < 1.29 is 8.83 Å². The van der Waals surface area contributed by atoms with Gasteiger partial charge in [-0.05, 0) is 30.8 Å². The van der Waals surface area contributed by atoms with E-state index in [0.29, 0.717) is 18.1 Å². The third-order valence-corrected chi connectivity index (χ3v) is 3.22. The molecule has 0 amide bonds. The Labute approximate surface area is 117 Å². The Bertz CT molecular complexity index is 688. The zero-order valence-corrected chi connectivity index (χ0v) is 11.4. The van der Waals surface area contributed by atoms with Crippen LogP contribution in [0.15, 0.2) is 45.4 Å². The Hall–Kier alpha value is -2.27. The largest absolute Gasteiger partial charge is 0.468 e. The number of nitrogen functional groups attached to an aromatic ring is 1. The summed E-state index contributed by atoms with van der Waals surface area (Å²) < 4.78 is 11.1. The Morgan fingerprint density at radius 3 is 2.90 bits per heavy atom. The number of fused-ring (bicyclic) bond motifs is 1. The Morgan fingerprint density at radius 1 is 1.25 bits per heavy atom. The van der Waals surface area contributed by atoms with Crippen LogP contribution in [0.1, 0.15) is 18.6 Å². The van der Waals surface area contributed by atoms with Gasteiger partial charge in [0.25, 0.3) is 0 Å². The first-order chi connectivity index (χ1) is 9.74. The van der Waals surface area contributed by atoms with Crippen LogP contribution in [0.3, 0.4) is 0 Å². The molecule has 2 N–H and O–H groups in total. The van der Waals surface area contributed by atoms with E-state index in [9.17, 15) is 0 Å². The van der Waals surface area contributed by atoms with Crippen molar-refractivity contribution >= 4 is 16.8 Å². The fourth-order valence-corrected chi connectivity index (χ4v) is 2.15. The first-order valence-electron chi connectivity index (χ1n) is 6.64. The minimum atomic E-state index is 0.645. The Kier molecular flexibility index (Phi) is 3.43. The second kappa shape index (κ2) is 5.38. The summed E-state index contributed by atoms with van der Waals surface area (Å²) in [6.45, 7) is 4.38. The highest BCUT2D eigenvalue weighted by atomic mass is 16.3. The van der Waals surface area contributed by atoms with Crippen LogP contribution in [-0.4, -0.2) is 16.4 Å². The molecule has 3 rings (SSSR count). The lowest BCUT2D eigenvalue weighted by Gasteiger charge is -2.16. The molecular formula is C15H17N3O2. The van der Waals surface area contributed by atoms with Gasteiger partial charge >= 0.3 is 0 Å². The quantitative estimate of drug-likeness (QED) is 0.722. The number of hydrogen-bond donors (Lipinski definition) is 1. The highest BCUT2D eigenvalue weighted by Gasteiger charge is 2.12. The van der Waals surface area contributed by atoms with Gasteiger partial charge in [-0.1, -0.05) is 6.92 Å². The van der Waals surface area contributed by atoms with Gasteiger partial charge in [0.1, 0.15) is 11.3 Å². The van der Waals surface area contributed by atoms with Crippen molar-refractivity contribution in [2.75, 3.05) is 12.3 Å². The molecule has 0 aliphatic rings. The number of rotatable bonds is 5. The molecule has 5 nitrogen and oxygen atoms in total. The summed E-state index contributed by atoms with van der Waals surface area (Å²) in [4.78, 5) is 6.68. The number of aromatic nitrogens is 1. The molecular weight excluding hydrogens is 254 g/mol. The van der Waals surface area contributed by atoms with E-state index < -0.39 is 0 Å². The summed E-state index contributed by atoms with van der Waals surface area (Å²) in [5.74, 6) is 1.63. The second-order valence-electron chi connectivity index (χ2n) is 4.72. The highest BCUT2D eigenvalue weighted by Crippen LogP contribution is 2.19. The van der Waals surface area contributed by atoms with Gasteiger partial charge < -0.3 is 14.6 Å². The minimum absolute atomic E-state index is 0.645. The summed E-state index contributed by atoms with van der Waals surface area (Å²) in [6, 6.07) is 9.37. The standard InChI is InChI=1S/C15H17N3O2/c1-2-18(9-12-4-3-7-19-12)10-15-17-13-6-5-11(16)8-14(13)20-15/h3-8H,2,9-10,16H2,1H3. The van der Waals surface area contributed by atoms with Gasteiger partial charge in [0.05, 0.1) is 19.4 Å². The molecule has 0 spiro atoms. The molecule has 0 aliphatic carbocycles. The van der Waals surface area contributed by atoms with E-state index in [1.165, 1.54) is 0 Å². The van der Waals surface area contributed by atoms with Gasteiger partial charge in [-0.3, -0.25) is 4.90 Å². The average molecular weight is 271 g/mol. The van der Waals surface area contributed by atoms with Crippen LogP contribution >= 0.6 is 0 Å². The molecule has 0 fully saturated rings. The van der Waals surface area contributed by atoms with Gasteiger partial charge in [0.2, 0.25) is 5.89 Å². The van der Waals surface area contributed by atoms with Crippen LogP contribution in [-0.2, 0) is 13.1 Å². The second-order valence-corrected chi connectivity index (χ2v) is 4.72. The summed E-state index contributed by atoms with van der Waals surface area (Å²) >= 11 is 0. The van der Waals surface area contributed by atoms with Gasteiger partial charge in [-0.2, -0.15) is 0 Å². The predicted octanol–water partition coefficient (Wildman–Crippen LogP) is 3.03. The molecule has 0 radical (unpaired) electrons. The molecule has 20 heavy (non-hydrogen) atoms. The molecule has 104 valence electrons. The lowest BCUT2D eigenvalue weighted by atomic mass is 10.3. The van der Waals surface area contributed by atoms with Crippen LogP contribution in [0.2, 0.25) is 0 Å². The molecule has 0 saturated carbocycles. The number of benzene rings is 1. The van der Waals surface area contributed by atoms with E-state index in [2.05, 4.69) is 16.8 Å².